The molecule has 4 aromatic rings. The number of aromatic nitrogens is 2. The maximum Gasteiger partial charge on any atom is 0.408 e. The molecule has 0 radical (unpaired) electrons. The Morgan fingerprint density at radius 3 is 2.38 bits per heavy atom. The zero-order valence-corrected chi connectivity index (χ0v) is 25.8. The molecule has 0 spiro atoms. The molecule has 10 nitrogen and oxygen atoms in total. The topological polar surface area (TPSA) is 118 Å². The lowest BCUT2D eigenvalue weighted by atomic mass is 9.96. The highest BCUT2D eigenvalue weighted by Gasteiger charge is 2.46. The van der Waals surface area contributed by atoms with Crippen molar-refractivity contribution in [1.82, 2.24) is 15.5 Å². The lowest BCUT2D eigenvalue weighted by molar-refractivity contribution is -0.274. The number of rotatable bonds is 7. The Labute approximate surface area is 253 Å². The normalized spacial score (nSPS) is 16.4. The predicted molar refractivity (Wildman–Crippen MR) is 158 cm³/mol. The van der Waals surface area contributed by atoms with Gasteiger partial charge in [0.15, 0.2) is 11.5 Å². The Balaban J connectivity index is 1.43. The van der Waals surface area contributed by atoms with Crippen LogP contribution >= 0.6 is 23.2 Å². The van der Waals surface area contributed by atoms with E-state index in [9.17, 15) is 4.79 Å². The largest absolute Gasteiger partial charge is 0.490 e. The van der Waals surface area contributed by atoms with E-state index in [0.717, 1.165) is 11.8 Å². The van der Waals surface area contributed by atoms with Crippen molar-refractivity contribution in [3.63, 3.8) is 0 Å². The molecule has 0 atom stereocenters. The third kappa shape index (κ3) is 6.52. The smallest absolute Gasteiger partial charge is 0.408 e. The second-order valence-corrected chi connectivity index (χ2v) is 12.4. The molecule has 1 fully saturated rings. The van der Waals surface area contributed by atoms with Crippen LogP contribution in [0.4, 0.5) is 4.79 Å². The van der Waals surface area contributed by atoms with Crippen LogP contribution in [0.25, 0.3) is 33.8 Å². The number of furan rings is 1. The molecule has 42 heavy (non-hydrogen) atoms. The summed E-state index contributed by atoms with van der Waals surface area (Å²) in [5.41, 5.74) is 0.0521. The molecule has 1 aliphatic heterocycles. The fourth-order valence-electron chi connectivity index (χ4n) is 4.35. The maximum atomic E-state index is 12.8. The fourth-order valence-corrected chi connectivity index (χ4v) is 4.95. The highest BCUT2D eigenvalue weighted by molar-refractivity contribution is 6.37. The molecule has 2 aromatic heterocycles. The van der Waals surface area contributed by atoms with Crippen LogP contribution in [0.3, 0.4) is 0 Å². The quantitative estimate of drug-likeness (QED) is 0.222. The molecule has 3 heterocycles. The summed E-state index contributed by atoms with van der Waals surface area (Å²) >= 11 is 12.8. The van der Waals surface area contributed by atoms with Gasteiger partial charge in [0.2, 0.25) is 5.82 Å². The highest BCUT2D eigenvalue weighted by Crippen LogP contribution is 2.39. The van der Waals surface area contributed by atoms with Crippen LogP contribution in [-0.4, -0.2) is 47.4 Å². The van der Waals surface area contributed by atoms with Crippen molar-refractivity contribution in [3.05, 3.63) is 52.2 Å². The van der Waals surface area contributed by atoms with Gasteiger partial charge in [-0.2, -0.15) is 4.98 Å². The number of halogens is 2. The van der Waals surface area contributed by atoms with Crippen molar-refractivity contribution in [1.29, 1.82) is 0 Å². The van der Waals surface area contributed by atoms with E-state index in [1.807, 2.05) is 39.0 Å². The van der Waals surface area contributed by atoms with Crippen LogP contribution in [0, 0.1) is 0 Å². The summed E-state index contributed by atoms with van der Waals surface area (Å²) in [6.45, 7) is 11.7. The van der Waals surface area contributed by atoms with Gasteiger partial charge in [-0.1, -0.05) is 35.3 Å². The molecular weight excluding hydrogens is 585 g/mol. The van der Waals surface area contributed by atoms with E-state index in [2.05, 4.69) is 15.5 Å². The Bertz CT molecular complexity index is 1570. The van der Waals surface area contributed by atoms with Crippen molar-refractivity contribution in [2.75, 3.05) is 19.8 Å². The predicted octanol–water partition coefficient (Wildman–Crippen LogP) is 7.75. The molecule has 224 valence electrons. The standard InChI is InChI=1S/C30H33Cl2N3O7/c1-7-10-37-24-20(31)12-19(13-21(24)32)26-33-25(35-42-26)17-8-9-22-18(11-17)14-23(40-22)30(15-38-29(5,6)39-16-30)34-27(36)41-28(2,3)4/h8-9,11-14H,7,10,15-16H2,1-6H3,(H,34,36). The van der Waals surface area contributed by atoms with Crippen molar-refractivity contribution >= 4 is 40.3 Å². The van der Waals surface area contributed by atoms with Gasteiger partial charge >= 0.3 is 6.09 Å². The Morgan fingerprint density at radius 2 is 1.74 bits per heavy atom. The van der Waals surface area contributed by atoms with Crippen LogP contribution in [0.1, 0.15) is 53.7 Å². The molecule has 2 aromatic carbocycles. The zero-order valence-electron chi connectivity index (χ0n) is 24.3. The summed E-state index contributed by atoms with van der Waals surface area (Å²) in [5, 5.41) is 8.54. The molecule has 0 aliphatic carbocycles. The Morgan fingerprint density at radius 1 is 1.05 bits per heavy atom. The van der Waals surface area contributed by atoms with Gasteiger partial charge in [-0.15, -0.1) is 0 Å². The summed E-state index contributed by atoms with van der Waals surface area (Å²) in [4.78, 5) is 17.4. The molecule has 0 bridgehead atoms. The van der Waals surface area contributed by atoms with Crippen molar-refractivity contribution in [3.8, 4) is 28.6 Å². The summed E-state index contributed by atoms with van der Waals surface area (Å²) in [5.74, 6) is 0.677. The summed E-state index contributed by atoms with van der Waals surface area (Å²) in [7, 11) is 0. The molecule has 1 amide bonds. The van der Waals surface area contributed by atoms with Gasteiger partial charge in [-0.25, -0.2) is 4.79 Å². The summed E-state index contributed by atoms with van der Waals surface area (Å²) in [6, 6.07) is 10.7. The second-order valence-electron chi connectivity index (χ2n) is 11.6. The van der Waals surface area contributed by atoms with E-state index in [1.165, 1.54) is 0 Å². The third-order valence-electron chi connectivity index (χ3n) is 6.44. The first kappa shape index (κ1) is 30.2. The van der Waals surface area contributed by atoms with Crippen LogP contribution in [-0.2, 0) is 19.7 Å². The number of ether oxygens (including phenoxy) is 4. The molecule has 1 saturated heterocycles. The number of carbonyl (C=O) groups is 1. The molecule has 1 N–H and O–H groups in total. The number of carbonyl (C=O) groups excluding carboxylic acids is 1. The third-order valence-corrected chi connectivity index (χ3v) is 7.00. The maximum absolute atomic E-state index is 12.8. The van der Waals surface area contributed by atoms with Crippen LogP contribution < -0.4 is 10.1 Å². The van der Waals surface area contributed by atoms with E-state index < -0.39 is 23.0 Å². The van der Waals surface area contributed by atoms with E-state index in [-0.39, 0.29) is 19.1 Å². The number of hydrogen-bond acceptors (Lipinski definition) is 9. The summed E-state index contributed by atoms with van der Waals surface area (Å²) < 4.78 is 34.8. The molecule has 1 aliphatic rings. The second kappa shape index (κ2) is 11.4. The van der Waals surface area contributed by atoms with Crippen LogP contribution in [0.15, 0.2) is 45.3 Å². The monoisotopic (exact) mass is 617 g/mol. The van der Waals surface area contributed by atoms with Gasteiger partial charge < -0.3 is 33.2 Å². The molecular formula is C30H33Cl2N3O7. The minimum absolute atomic E-state index is 0.119. The summed E-state index contributed by atoms with van der Waals surface area (Å²) in [6.07, 6.45) is 0.213. The first-order chi connectivity index (χ1) is 19.8. The van der Waals surface area contributed by atoms with E-state index in [4.69, 9.17) is 51.1 Å². The van der Waals surface area contributed by atoms with Gasteiger partial charge in [-0.05, 0) is 77.4 Å². The number of benzene rings is 2. The first-order valence-corrected chi connectivity index (χ1v) is 14.3. The van der Waals surface area contributed by atoms with Crippen molar-refractivity contribution in [2.45, 2.75) is 64.9 Å². The van der Waals surface area contributed by atoms with Crippen molar-refractivity contribution in [2.24, 2.45) is 0 Å². The average Bonchev–Trinajstić information content (AvgIpc) is 3.56. The molecule has 0 unspecified atom stereocenters. The fraction of sp³-hybridized carbons (Fsp3) is 0.433. The number of fused-ring (bicyclic) bond motifs is 1. The molecule has 12 heteroatoms. The number of hydrogen-bond donors (Lipinski definition) is 1. The minimum Gasteiger partial charge on any atom is -0.490 e. The number of alkyl carbamates (subject to hydrolysis) is 1. The minimum atomic E-state index is -1.11. The molecule has 0 saturated carbocycles. The lowest BCUT2D eigenvalue weighted by Gasteiger charge is -2.42. The number of nitrogens with zero attached hydrogens (tertiary/aromatic N) is 2. The average molecular weight is 619 g/mol. The number of amides is 1. The van der Waals surface area contributed by atoms with Gasteiger partial charge in [0.1, 0.15) is 22.5 Å². The highest BCUT2D eigenvalue weighted by atomic mass is 35.5. The van der Waals surface area contributed by atoms with Gasteiger partial charge in [-0.3, -0.25) is 0 Å². The molecule has 5 rings (SSSR count). The van der Waals surface area contributed by atoms with Gasteiger partial charge in [0, 0.05) is 16.5 Å². The van der Waals surface area contributed by atoms with Crippen LogP contribution in [0.2, 0.25) is 10.0 Å². The number of nitrogens with one attached hydrogen (secondary N) is 1. The van der Waals surface area contributed by atoms with Gasteiger partial charge in [0.25, 0.3) is 5.89 Å². The Kier molecular flexibility index (Phi) is 8.19. The lowest BCUT2D eigenvalue weighted by Crippen LogP contribution is -2.59. The van der Waals surface area contributed by atoms with Crippen LogP contribution in [0.5, 0.6) is 5.75 Å². The van der Waals surface area contributed by atoms with E-state index in [1.54, 1.807) is 39.0 Å². The van der Waals surface area contributed by atoms with E-state index in [0.29, 0.717) is 50.7 Å². The van der Waals surface area contributed by atoms with Gasteiger partial charge in [0.05, 0.1) is 29.9 Å². The zero-order chi connectivity index (χ0) is 30.3. The Hall–Kier alpha value is -3.31. The van der Waals surface area contributed by atoms with Crippen molar-refractivity contribution < 1.29 is 32.7 Å². The first-order valence-electron chi connectivity index (χ1n) is 13.6. The SMILES string of the molecule is CCCOc1c(Cl)cc(-c2nc(-c3ccc4oc(C5(NC(=O)OC(C)(C)C)COC(C)(C)OC5)cc4c3)no2)cc1Cl. The van der Waals surface area contributed by atoms with E-state index >= 15 is 0 Å².